The van der Waals surface area contributed by atoms with Crippen LogP contribution in [0.1, 0.15) is 17.1 Å². The largest absolute Gasteiger partial charge is 0.391 e. The van der Waals surface area contributed by atoms with Crippen molar-refractivity contribution in [2.75, 3.05) is 18.0 Å². The van der Waals surface area contributed by atoms with Crippen molar-refractivity contribution in [1.82, 2.24) is 20.1 Å². The fraction of sp³-hybridized carbons (Fsp3) is 0.368. The highest BCUT2D eigenvalue weighted by Gasteiger charge is 2.33. The average molecular weight is 351 g/mol. The van der Waals surface area contributed by atoms with Crippen LogP contribution in [0.15, 0.2) is 41.2 Å². The predicted molar refractivity (Wildman–Crippen MR) is 96.7 cm³/mol. The minimum atomic E-state index is -0.433. The summed E-state index contributed by atoms with van der Waals surface area (Å²) in [5.74, 6) is 2.37. The molecule has 2 atom stereocenters. The van der Waals surface area contributed by atoms with Crippen LogP contribution in [0.5, 0.6) is 0 Å². The van der Waals surface area contributed by atoms with Crippen molar-refractivity contribution in [3.8, 4) is 11.4 Å². The van der Waals surface area contributed by atoms with E-state index in [-0.39, 0.29) is 5.92 Å². The molecule has 0 spiro atoms. The normalized spacial score (nSPS) is 19.9. The Hall–Kier alpha value is -2.80. The summed E-state index contributed by atoms with van der Waals surface area (Å²) in [4.78, 5) is 15.5. The molecule has 0 saturated carbocycles. The molecule has 0 aliphatic carbocycles. The summed E-state index contributed by atoms with van der Waals surface area (Å²) in [6.45, 7) is 5.10. The van der Waals surface area contributed by atoms with Crippen LogP contribution in [0, 0.1) is 19.8 Å². The maximum Gasteiger partial charge on any atom is 0.163 e. The SMILES string of the molecule is Cc1cc(C[C@@H]2CN(c3cc(C)nc(-c4cccnc4)n3)C[C@@H]2O)on1. The summed E-state index contributed by atoms with van der Waals surface area (Å²) in [7, 11) is 0. The van der Waals surface area contributed by atoms with Crippen molar-refractivity contribution in [2.45, 2.75) is 26.4 Å². The van der Waals surface area contributed by atoms with Crippen molar-refractivity contribution in [2.24, 2.45) is 5.92 Å². The van der Waals surface area contributed by atoms with Crippen LogP contribution >= 0.6 is 0 Å². The van der Waals surface area contributed by atoms with E-state index in [1.165, 1.54) is 0 Å². The summed E-state index contributed by atoms with van der Waals surface area (Å²) in [6, 6.07) is 7.69. The summed E-state index contributed by atoms with van der Waals surface area (Å²) in [5, 5.41) is 14.4. The molecule has 1 aliphatic heterocycles. The lowest BCUT2D eigenvalue weighted by molar-refractivity contribution is 0.143. The van der Waals surface area contributed by atoms with Crippen molar-refractivity contribution in [3.63, 3.8) is 0 Å². The van der Waals surface area contributed by atoms with E-state index in [9.17, 15) is 5.11 Å². The van der Waals surface area contributed by atoms with E-state index in [2.05, 4.69) is 20.0 Å². The van der Waals surface area contributed by atoms with Gasteiger partial charge in [0.1, 0.15) is 11.6 Å². The lowest BCUT2D eigenvalue weighted by atomic mass is 10.0. The van der Waals surface area contributed by atoms with E-state index >= 15 is 0 Å². The fourth-order valence-corrected chi connectivity index (χ4v) is 3.35. The molecule has 4 rings (SSSR count). The number of β-amino-alcohol motifs (C(OH)–C–C–N with tert-alkyl or cyclic N) is 1. The Morgan fingerprint density at radius 2 is 2.08 bits per heavy atom. The Morgan fingerprint density at radius 1 is 1.19 bits per heavy atom. The second-order valence-electron chi connectivity index (χ2n) is 6.80. The Labute approximate surface area is 151 Å². The van der Waals surface area contributed by atoms with Crippen LogP contribution in [-0.2, 0) is 6.42 Å². The summed E-state index contributed by atoms with van der Waals surface area (Å²) in [5.41, 5.74) is 2.63. The molecule has 7 heteroatoms. The quantitative estimate of drug-likeness (QED) is 0.771. The molecule has 1 aliphatic rings. The van der Waals surface area contributed by atoms with Gasteiger partial charge in [0.15, 0.2) is 5.82 Å². The van der Waals surface area contributed by atoms with Gasteiger partial charge in [0.05, 0.1) is 11.8 Å². The van der Waals surface area contributed by atoms with Gasteiger partial charge in [0, 0.05) is 61.2 Å². The third-order valence-corrected chi connectivity index (χ3v) is 4.63. The van der Waals surface area contributed by atoms with Crippen LogP contribution in [0.4, 0.5) is 5.82 Å². The van der Waals surface area contributed by atoms with E-state index < -0.39 is 6.10 Å². The van der Waals surface area contributed by atoms with Gasteiger partial charge in [-0.1, -0.05) is 5.16 Å². The third kappa shape index (κ3) is 3.43. The van der Waals surface area contributed by atoms with Gasteiger partial charge >= 0.3 is 0 Å². The molecule has 3 aromatic rings. The lowest BCUT2D eigenvalue weighted by Crippen LogP contribution is -2.22. The Morgan fingerprint density at radius 3 is 2.81 bits per heavy atom. The minimum Gasteiger partial charge on any atom is -0.391 e. The molecule has 134 valence electrons. The second kappa shape index (κ2) is 6.84. The van der Waals surface area contributed by atoms with Gasteiger partial charge in [0.25, 0.3) is 0 Å². The van der Waals surface area contributed by atoms with Crippen molar-refractivity contribution < 1.29 is 9.63 Å². The maximum atomic E-state index is 10.5. The number of hydrogen-bond acceptors (Lipinski definition) is 7. The van der Waals surface area contributed by atoms with E-state index in [4.69, 9.17) is 9.51 Å². The van der Waals surface area contributed by atoms with E-state index in [1.54, 1.807) is 12.4 Å². The fourth-order valence-electron chi connectivity index (χ4n) is 3.35. The van der Waals surface area contributed by atoms with E-state index in [0.29, 0.717) is 25.3 Å². The zero-order valence-corrected chi connectivity index (χ0v) is 14.8. The molecular formula is C19H21N5O2. The van der Waals surface area contributed by atoms with Crippen molar-refractivity contribution >= 4 is 5.82 Å². The lowest BCUT2D eigenvalue weighted by Gasteiger charge is -2.18. The molecular weight excluding hydrogens is 330 g/mol. The highest BCUT2D eigenvalue weighted by atomic mass is 16.5. The molecule has 0 unspecified atom stereocenters. The molecule has 1 N–H and O–H groups in total. The van der Waals surface area contributed by atoms with E-state index in [1.807, 2.05) is 38.1 Å². The molecule has 0 aromatic carbocycles. The van der Waals surface area contributed by atoms with Crippen LogP contribution in [0.25, 0.3) is 11.4 Å². The third-order valence-electron chi connectivity index (χ3n) is 4.63. The highest BCUT2D eigenvalue weighted by Crippen LogP contribution is 2.27. The van der Waals surface area contributed by atoms with Gasteiger partial charge in [-0.15, -0.1) is 0 Å². The highest BCUT2D eigenvalue weighted by molar-refractivity contribution is 5.57. The molecule has 3 aromatic heterocycles. The van der Waals surface area contributed by atoms with E-state index in [0.717, 1.165) is 28.5 Å². The molecule has 0 amide bonds. The average Bonchev–Trinajstić information content (AvgIpc) is 3.21. The maximum absolute atomic E-state index is 10.5. The zero-order chi connectivity index (χ0) is 18.1. The van der Waals surface area contributed by atoms with Gasteiger partial charge in [-0.3, -0.25) is 4.98 Å². The smallest absolute Gasteiger partial charge is 0.163 e. The topological polar surface area (TPSA) is 88.2 Å². The summed E-state index contributed by atoms with van der Waals surface area (Å²) < 4.78 is 5.30. The zero-order valence-electron chi connectivity index (χ0n) is 14.8. The van der Waals surface area contributed by atoms with Gasteiger partial charge in [-0.2, -0.15) is 0 Å². The molecule has 1 fully saturated rings. The summed E-state index contributed by atoms with van der Waals surface area (Å²) >= 11 is 0. The molecule has 4 heterocycles. The Kier molecular flexibility index (Phi) is 4.38. The minimum absolute atomic E-state index is 0.0828. The Balaban J connectivity index is 1.55. The Bertz CT molecular complexity index is 896. The number of aliphatic hydroxyl groups excluding tert-OH is 1. The van der Waals surface area contributed by atoms with Gasteiger partial charge in [0.2, 0.25) is 0 Å². The first-order valence-corrected chi connectivity index (χ1v) is 8.70. The van der Waals surface area contributed by atoms with Crippen molar-refractivity contribution in [3.05, 3.63) is 53.8 Å². The first-order valence-electron chi connectivity index (χ1n) is 8.70. The first kappa shape index (κ1) is 16.7. The van der Waals surface area contributed by atoms with Gasteiger partial charge in [-0.25, -0.2) is 9.97 Å². The standard InChI is InChI=1S/C19H21N5O2/c1-12-7-18(22-19(21-12)14-4-3-5-20-9-14)24-10-15(17(25)11-24)8-16-6-13(2)23-26-16/h3-7,9,15,17,25H,8,10-11H2,1-2H3/t15-,17+/m1/s1. The summed E-state index contributed by atoms with van der Waals surface area (Å²) in [6.07, 6.45) is 3.72. The molecule has 1 saturated heterocycles. The molecule has 0 bridgehead atoms. The molecule has 0 radical (unpaired) electrons. The number of rotatable bonds is 4. The number of aryl methyl sites for hydroxylation is 2. The number of aromatic nitrogens is 4. The van der Waals surface area contributed by atoms with Gasteiger partial charge in [-0.05, 0) is 26.0 Å². The van der Waals surface area contributed by atoms with Crippen LogP contribution in [0.2, 0.25) is 0 Å². The number of nitrogens with zero attached hydrogens (tertiary/aromatic N) is 5. The number of aliphatic hydroxyl groups is 1. The van der Waals surface area contributed by atoms with Gasteiger partial charge < -0.3 is 14.5 Å². The predicted octanol–water partition coefficient (Wildman–Crippen LogP) is 2.18. The monoisotopic (exact) mass is 351 g/mol. The van der Waals surface area contributed by atoms with Crippen molar-refractivity contribution in [1.29, 1.82) is 0 Å². The van der Waals surface area contributed by atoms with Crippen LogP contribution < -0.4 is 4.90 Å². The first-order chi connectivity index (χ1) is 12.6. The van der Waals surface area contributed by atoms with Crippen LogP contribution in [0.3, 0.4) is 0 Å². The number of anilines is 1. The number of hydrogen-bond donors (Lipinski definition) is 1. The molecule has 7 nitrogen and oxygen atoms in total. The van der Waals surface area contributed by atoms with Crippen LogP contribution in [-0.4, -0.2) is 44.4 Å². The number of pyridine rings is 1. The second-order valence-corrected chi connectivity index (χ2v) is 6.80. The molecule has 26 heavy (non-hydrogen) atoms.